The van der Waals surface area contributed by atoms with E-state index < -0.39 is 0 Å². The number of fused-ring (bicyclic) bond motifs is 1. The van der Waals surface area contributed by atoms with Crippen molar-refractivity contribution >= 4 is 26.7 Å². The molecule has 1 saturated heterocycles. The Balaban J connectivity index is 2.04. The molecule has 0 spiro atoms. The van der Waals surface area contributed by atoms with Crippen molar-refractivity contribution in [2.75, 3.05) is 11.4 Å². The van der Waals surface area contributed by atoms with Gasteiger partial charge in [-0.15, -0.1) is 0 Å². The quantitative estimate of drug-likeness (QED) is 0.730. The maximum Gasteiger partial charge on any atom is 0.186 e. The molecule has 0 unspecified atom stereocenters. The van der Waals surface area contributed by atoms with Gasteiger partial charge in [0.1, 0.15) is 0 Å². The second-order valence-corrected chi connectivity index (χ2v) is 5.16. The first-order chi connectivity index (χ1) is 7.34. The van der Waals surface area contributed by atoms with Crippen molar-refractivity contribution in [3.05, 3.63) is 24.3 Å². The molecular weight excluding hydrogens is 204 g/mol. The lowest BCUT2D eigenvalue weighted by atomic mass is 10.2. The van der Waals surface area contributed by atoms with Gasteiger partial charge >= 0.3 is 0 Å². The number of thiazole rings is 1. The summed E-state index contributed by atoms with van der Waals surface area (Å²) >= 11 is 1.81. The van der Waals surface area contributed by atoms with Crippen LogP contribution in [0.1, 0.15) is 19.8 Å². The second-order valence-electron chi connectivity index (χ2n) is 4.15. The van der Waals surface area contributed by atoms with E-state index in [0.717, 1.165) is 5.52 Å². The van der Waals surface area contributed by atoms with Gasteiger partial charge in [-0.1, -0.05) is 23.5 Å². The summed E-state index contributed by atoms with van der Waals surface area (Å²) in [5.74, 6) is 0. The number of nitrogens with zero attached hydrogens (tertiary/aromatic N) is 2. The Labute approximate surface area is 93.6 Å². The minimum atomic E-state index is 0.658. The topological polar surface area (TPSA) is 16.1 Å². The van der Waals surface area contributed by atoms with Crippen molar-refractivity contribution in [1.82, 2.24) is 4.98 Å². The minimum absolute atomic E-state index is 0.658. The lowest BCUT2D eigenvalue weighted by molar-refractivity contribution is 0.734. The van der Waals surface area contributed by atoms with Crippen LogP contribution in [0.4, 0.5) is 5.13 Å². The largest absolute Gasteiger partial charge is 0.345 e. The molecule has 1 aromatic carbocycles. The fraction of sp³-hybridized carbons (Fsp3) is 0.417. The lowest BCUT2D eigenvalue weighted by Crippen LogP contribution is -2.25. The van der Waals surface area contributed by atoms with Crippen molar-refractivity contribution in [2.45, 2.75) is 25.8 Å². The molecule has 0 radical (unpaired) electrons. The van der Waals surface area contributed by atoms with Gasteiger partial charge in [0, 0.05) is 12.6 Å². The first kappa shape index (κ1) is 9.16. The third kappa shape index (κ3) is 1.51. The van der Waals surface area contributed by atoms with E-state index in [2.05, 4.69) is 41.1 Å². The third-order valence-electron chi connectivity index (χ3n) is 3.08. The molecular formula is C12H14N2S. The second kappa shape index (κ2) is 3.49. The Kier molecular flexibility index (Phi) is 2.13. The van der Waals surface area contributed by atoms with E-state index in [1.165, 1.54) is 29.2 Å². The van der Waals surface area contributed by atoms with Crippen LogP contribution in [-0.4, -0.2) is 17.6 Å². The van der Waals surface area contributed by atoms with E-state index in [-0.39, 0.29) is 0 Å². The number of anilines is 1. The van der Waals surface area contributed by atoms with Gasteiger partial charge in [0.15, 0.2) is 5.13 Å². The van der Waals surface area contributed by atoms with Gasteiger partial charge in [-0.3, -0.25) is 0 Å². The number of rotatable bonds is 1. The summed E-state index contributed by atoms with van der Waals surface area (Å²) in [6.07, 6.45) is 2.60. The Bertz CT molecular complexity index is 444. The van der Waals surface area contributed by atoms with Gasteiger partial charge in [0.05, 0.1) is 10.2 Å². The van der Waals surface area contributed by atoms with Crippen molar-refractivity contribution in [3.63, 3.8) is 0 Å². The Morgan fingerprint density at radius 2 is 2.27 bits per heavy atom. The fourth-order valence-electron chi connectivity index (χ4n) is 2.20. The first-order valence-electron chi connectivity index (χ1n) is 5.47. The van der Waals surface area contributed by atoms with Gasteiger partial charge in [0.25, 0.3) is 0 Å². The van der Waals surface area contributed by atoms with Crippen LogP contribution in [0.2, 0.25) is 0 Å². The average molecular weight is 218 g/mol. The third-order valence-corrected chi connectivity index (χ3v) is 4.15. The monoisotopic (exact) mass is 218 g/mol. The maximum atomic E-state index is 4.69. The summed E-state index contributed by atoms with van der Waals surface area (Å²) in [5, 5.41) is 1.20. The number of aromatic nitrogens is 1. The first-order valence-corrected chi connectivity index (χ1v) is 6.28. The Morgan fingerprint density at radius 1 is 1.40 bits per heavy atom. The van der Waals surface area contributed by atoms with E-state index in [0.29, 0.717) is 6.04 Å². The molecule has 2 heterocycles. The molecule has 0 aliphatic carbocycles. The van der Waals surface area contributed by atoms with Crippen LogP contribution < -0.4 is 4.90 Å². The highest BCUT2D eigenvalue weighted by Gasteiger charge is 2.22. The highest BCUT2D eigenvalue weighted by atomic mass is 32.1. The van der Waals surface area contributed by atoms with E-state index in [9.17, 15) is 0 Å². The molecule has 0 N–H and O–H groups in total. The smallest absolute Gasteiger partial charge is 0.186 e. The Hall–Kier alpha value is -1.09. The number of hydrogen-bond donors (Lipinski definition) is 0. The van der Waals surface area contributed by atoms with Crippen LogP contribution in [0.25, 0.3) is 10.2 Å². The number of para-hydroxylation sites is 1. The van der Waals surface area contributed by atoms with Crippen molar-refractivity contribution in [2.24, 2.45) is 0 Å². The van der Waals surface area contributed by atoms with Gasteiger partial charge < -0.3 is 4.90 Å². The molecule has 15 heavy (non-hydrogen) atoms. The molecule has 0 bridgehead atoms. The van der Waals surface area contributed by atoms with Crippen molar-refractivity contribution < 1.29 is 0 Å². The highest BCUT2D eigenvalue weighted by Crippen LogP contribution is 2.32. The minimum Gasteiger partial charge on any atom is -0.345 e. The molecule has 0 saturated carbocycles. The van der Waals surface area contributed by atoms with Crippen molar-refractivity contribution in [1.29, 1.82) is 0 Å². The molecule has 2 nitrogen and oxygen atoms in total. The lowest BCUT2D eigenvalue weighted by Gasteiger charge is -2.19. The Morgan fingerprint density at radius 3 is 3.00 bits per heavy atom. The summed E-state index contributed by atoms with van der Waals surface area (Å²) in [6, 6.07) is 9.04. The van der Waals surface area contributed by atoms with Gasteiger partial charge in [-0.05, 0) is 31.9 Å². The zero-order chi connectivity index (χ0) is 10.3. The van der Waals surface area contributed by atoms with Crippen LogP contribution in [0.15, 0.2) is 24.3 Å². The van der Waals surface area contributed by atoms with Crippen LogP contribution >= 0.6 is 11.3 Å². The molecule has 78 valence electrons. The van der Waals surface area contributed by atoms with Gasteiger partial charge in [0.2, 0.25) is 0 Å². The molecule has 3 rings (SSSR count). The zero-order valence-electron chi connectivity index (χ0n) is 8.81. The standard InChI is InChI=1S/C12H14N2S/c1-9-5-4-8-14(9)12-13-10-6-2-3-7-11(10)15-12/h2-3,6-7,9H,4-5,8H2,1H3/t9-/m1/s1. The fourth-order valence-corrected chi connectivity index (χ4v) is 3.29. The summed E-state index contributed by atoms with van der Waals surface area (Å²) in [5.41, 5.74) is 1.14. The van der Waals surface area contributed by atoms with E-state index in [1.807, 2.05) is 11.3 Å². The molecule has 3 heteroatoms. The van der Waals surface area contributed by atoms with Crippen LogP contribution in [0, 0.1) is 0 Å². The normalized spacial score (nSPS) is 21.4. The SMILES string of the molecule is C[C@@H]1CCCN1c1nc2ccccc2s1. The van der Waals surface area contributed by atoms with Gasteiger partial charge in [-0.25, -0.2) is 4.98 Å². The number of benzene rings is 1. The van der Waals surface area contributed by atoms with E-state index in [1.54, 1.807) is 0 Å². The van der Waals surface area contributed by atoms with E-state index >= 15 is 0 Å². The van der Waals surface area contributed by atoms with Crippen molar-refractivity contribution in [3.8, 4) is 0 Å². The molecule has 0 amide bonds. The average Bonchev–Trinajstić information content (AvgIpc) is 2.82. The number of hydrogen-bond acceptors (Lipinski definition) is 3. The van der Waals surface area contributed by atoms with E-state index in [4.69, 9.17) is 0 Å². The predicted molar refractivity (Wildman–Crippen MR) is 65.7 cm³/mol. The molecule has 1 aliphatic heterocycles. The molecule has 1 aliphatic rings. The highest BCUT2D eigenvalue weighted by molar-refractivity contribution is 7.22. The molecule has 1 aromatic heterocycles. The van der Waals surface area contributed by atoms with Gasteiger partial charge in [-0.2, -0.15) is 0 Å². The maximum absolute atomic E-state index is 4.69. The molecule has 1 fully saturated rings. The zero-order valence-corrected chi connectivity index (χ0v) is 9.63. The molecule has 1 atom stereocenters. The van der Waals surface area contributed by atoms with Crippen LogP contribution in [0.3, 0.4) is 0 Å². The summed E-state index contributed by atoms with van der Waals surface area (Å²) in [6.45, 7) is 3.46. The predicted octanol–water partition coefficient (Wildman–Crippen LogP) is 3.29. The molecule has 2 aromatic rings. The summed E-state index contributed by atoms with van der Waals surface area (Å²) < 4.78 is 1.30. The van der Waals surface area contributed by atoms with Crippen LogP contribution in [0.5, 0.6) is 0 Å². The van der Waals surface area contributed by atoms with Crippen LogP contribution in [-0.2, 0) is 0 Å². The summed E-state index contributed by atoms with van der Waals surface area (Å²) in [7, 11) is 0. The summed E-state index contributed by atoms with van der Waals surface area (Å²) in [4.78, 5) is 7.12.